The normalized spacial score (nSPS) is 16.0. The largest absolute Gasteiger partial charge is 0.493 e. The fourth-order valence-electron chi connectivity index (χ4n) is 4.75. The number of terminal acetylenes is 1. The molecule has 176 valence electrons. The average molecular weight is 458 g/mol. The molecule has 0 bridgehead atoms. The molecule has 1 unspecified atom stereocenters. The highest BCUT2D eigenvalue weighted by Gasteiger charge is 2.27. The number of rotatable bonds is 6. The Morgan fingerprint density at radius 3 is 2.65 bits per heavy atom. The zero-order chi connectivity index (χ0) is 24.2. The minimum Gasteiger partial charge on any atom is -0.493 e. The predicted octanol–water partition coefficient (Wildman–Crippen LogP) is 3.88. The second-order valence-corrected chi connectivity index (χ2v) is 8.64. The maximum Gasteiger partial charge on any atom is 0.255 e. The first kappa shape index (κ1) is 23.5. The quantitative estimate of drug-likeness (QED) is 0.569. The first-order valence-corrected chi connectivity index (χ1v) is 11.8. The zero-order valence-corrected chi connectivity index (χ0v) is 20.0. The zero-order valence-electron chi connectivity index (χ0n) is 20.0. The molecule has 1 N–H and O–H groups in total. The van der Waals surface area contributed by atoms with Gasteiger partial charge in [-0.1, -0.05) is 25.8 Å². The number of likely N-dealkylation sites (N-methyl/N-ethyl adjacent to an activating group) is 1. The molecule has 1 aromatic carbocycles. The number of hydrogen-bond acceptors (Lipinski definition) is 5. The number of aromatic hydroxyl groups is 1. The van der Waals surface area contributed by atoms with Crippen molar-refractivity contribution in [2.75, 3.05) is 26.2 Å². The number of carbonyl (C=O) groups excluding carboxylic acids is 1. The van der Waals surface area contributed by atoms with Crippen molar-refractivity contribution in [2.45, 2.75) is 39.7 Å². The third-order valence-electron chi connectivity index (χ3n) is 6.65. The number of aromatic nitrogens is 3. The highest BCUT2D eigenvalue weighted by atomic mass is 16.3. The number of benzene rings is 1. The summed E-state index contributed by atoms with van der Waals surface area (Å²) in [6.07, 6.45) is 10.8. The van der Waals surface area contributed by atoms with Gasteiger partial charge in [-0.25, -0.2) is 4.98 Å². The minimum atomic E-state index is -0.0128. The summed E-state index contributed by atoms with van der Waals surface area (Å²) in [4.78, 5) is 21.9. The van der Waals surface area contributed by atoms with Crippen LogP contribution in [-0.2, 0) is 0 Å². The van der Waals surface area contributed by atoms with E-state index >= 15 is 0 Å². The fraction of sp³-hybridized carbons (Fsp3) is 0.370. The van der Waals surface area contributed by atoms with Crippen molar-refractivity contribution in [1.82, 2.24) is 24.6 Å². The van der Waals surface area contributed by atoms with Gasteiger partial charge in [0.05, 0.1) is 17.3 Å². The summed E-state index contributed by atoms with van der Waals surface area (Å²) in [5.41, 5.74) is 3.72. The van der Waals surface area contributed by atoms with Crippen molar-refractivity contribution in [3.05, 3.63) is 59.4 Å². The smallest absolute Gasteiger partial charge is 0.255 e. The van der Waals surface area contributed by atoms with E-state index in [2.05, 4.69) is 34.8 Å². The van der Waals surface area contributed by atoms with Crippen LogP contribution in [0.25, 0.3) is 16.9 Å². The molecule has 1 atom stereocenters. The number of amides is 1. The van der Waals surface area contributed by atoms with Crippen molar-refractivity contribution in [1.29, 1.82) is 0 Å². The van der Waals surface area contributed by atoms with Crippen LogP contribution in [0, 0.1) is 19.3 Å². The molecule has 1 saturated heterocycles. The summed E-state index contributed by atoms with van der Waals surface area (Å²) in [7, 11) is 0. The molecule has 3 aromatic rings. The van der Waals surface area contributed by atoms with Crippen LogP contribution in [0.2, 0.25) is 0 Å². The van der Waals surface area contributed by atoms with Crippen LogP contribution in [0.15, 0.2) is 42.7 Å². The van der Waals surface area contributed by atoms with Gasteiger partial charge in [0.25, 0.3) is 5.91 Å². The third-order valence-corrected chi connectivity index (χ3v) is 6.65. The Labute approximate surface area is 201 Å². The lowest BCUT2D eigenvalue weighted by atomic mass is 10.0. The van der Waals surface area contributed by atoms with Gasteiger partial charge >= 0.3 is 0 Å². The number of nitrogens with zero attached hydrogens (tertiary/aromatic N) is 5. The molecule has 0 saturated carbocycles. The Kier molecular flexibility index (Phi) is 6.99. The molecule has 7 nitrogen and oxygen atoms in total. The fourth-order valence-corrected chi connectivity index (χ4v) is 4.75. The van der Waals surface area contributed by atoms with E-state index < -0.39 is 0 Å². The number of carbonyl (C=O) groups is 1. The van der Waals surface area contributed by atoms with E-state index in [9.17, 15) is 9.90 Å². The molecule has 1 aliphatic heterocycles. The lowest BCUT2D eigenvalue weighted by Gasteiger charge is -2.38. The molecule has 4 rings (SSSR count). The van der Waals surface area contributed by atoms with Crippen LogP contribution < -0.4 is 0 Å². The van der Waals surface area contributed by atoms with Crippen LogP contribution in [0.4, 0.5) is 0 Å². The summed E-state index contributed by atoms with van der Waals surface area (Å²) >= 11 is 0. The van der Waals surface area contributed by atoms with Crippen LogP contribution >= 0.6 is 0 Å². The molecular formula is C27H31N5O2. The summed E-state index contributed by atoms with van der Waals surface area (Å²) in [6, 6.07) is 9.48. The van der Waals surface area contributed by atoms with Crippen molar-refractivity contribution >= 4 is 5.91 Å². The van der Waals surface area contributed by atoms with Crippen molar-refractivity contribution in [3.8, 4) is 35.2 Å². The van der Waals surface area contributed by atoms with Crippen molar-refractivity contribution < 1.29 is 9.90 Å². The monoisotopic (exact) mass is 457 g/mol. The van der Waals surface area contributed by atoms with E-state index in [0.717, 1.165) is 55.7 Å². The van der Waals surface area contributed by atoms with Gasteiger partial charge < -0.3 is 10.0 Å². The number of piperidine rings is 1. The number of hydrogen-bond donors (Lipinski definition) is 1. The van der Waals surface area contributed by atoms with Gasteiger partial charge in [-0.05, 0) is 68.2 Å². The van der Waals surface area contributed by atoms with Gasteiger partial charge in [0.15, 0.2) is 5.82 Å². The second-order valence-electron chi connectivity index (χ2n) is 8.64. The lowest BCUT2D eigenvalue weighted by molar-refractivity contribution is 0.0589. The summed E-state index contributed by atoms with van der Waals surface area (Å²) in [5.74, 6) is 3.04. The lowest BCUT2D eigenvalue weighted by Crippen LogP contribution is -2.49. The van der Waals surface area contributed by atoms with E-state index in [1.54, 1.807) is 24.5 Å². The molecule has 0 radical (unpaired) electrons. The molecule has 2 aromatic heterocycles. The Morgan fingerprint density at radius 1 is 1.21 bits per heavy atom. The van der Waals surface area contributed by atoms with Crippen LogP contribution in [0.3, 0.4) is 0 Å². The van der Waals surface area contributed by atoms with Gasteiger partial charge in [0, 0.05) is 30.9 Å². The highest BCUT2D eigenvalue weighted by molar-refractivity contribution is 5.94. The van der Waals surface area contributed by atoms with Crippen molar-refractivity contribution in [3.63, 3.8) is 0 Å². The highest BCUT2D eigenvalue weighted by Crippen LogP contribution is 2.33. The summed E-state index contributed by atoms with van der Waals surface area (Å²) < 4.78 is 1.37. The third kappa shape index (κ3) is 4.55. The van der Waals surface area contributed by atoms with E-state index in [-0.39, 0.29) is 11.8 Å². The summed E-state index contributed by atoms with van der Waals surface area (Å²) in [6.45, 7) is 9.75. The number of aryl methyl sites for hydroxylation is 1. The molecule has 0 aliphatic carbocycles. The Morgan fingerprint density at radius 2 is 2.00 bits per heavy atom. The Bertz CT molecular complexity index is 1200. The first-order chi connectivity index (χ1) is 16.5. The maximum absolute atomic E-state index is 13.1. The van der Waals surface area contributed by atoms with E-state index in [0.29, 0.717) is 23.0 Å². The minimum absolute atomic E-state index is 0.00879. The van der Waals surface area contributed by atoms with Gasteiger partial charge in [0.1, 0.15) is 0 Å². The predicted molar refractivity (Wildman–Crippen MR) is 133 cm³/mol. The SMILES string of the molecule is C#Cc1ccc(-c2cnn(-c3ccc(C(=O)N4CCCC(N(CC)CC)C4)cn3)c2O)c(C)c1. The Balaban J connectivity index is 1.52. The number of likely N-dealkylation sites (tertiary alicyclic amines) is 1. The van der Waals surface area contributed by atoms with E-state index in [1.165, 1.54) is 4.68 Å². The second kappa shape index (κ2) is 10.1. The standard InChI is InChI=1S/C27H31N5O2/c1-5-20-10-12-23(19(4)15-20)24-17-29-32(27(24)34)25-13-11-21(16-28-25)26(33)31-14-8-9-22(18-31)30(6-2)7-3/h1,10-13,15-17,22,34H,6-9,14,18H2,2-4H3. The van der Waals surface area contributed by atoms with E-state index in [4.69, 9.17) is 6.42 Å². The number of pyridine rings is 1. The molecule has 1 aliphatic rings. The molecule has 34 heavy (non-hydrogen) atoms. The Hall–Kier alpha value is -3.63. The molecule has 1 fully saturated rings. The van der Waals surface area contributed by atoms with Crippen LogP contribution in [0.5, 0.6) is 5.88 Å². The van der Waals surface area contributed by atoms with Crippen molar-refractivity contribution in [2.24, 2.45) is 0 Å². The van der Waals surface area contributed by atoms with Crippen LogP contribution in [-0.4, -0.2) is 67.8 Å². The topological polar surface area (TPSA) is 74.5 Å². The van der Waals surface area contributed by atoms with Gasteiger partial charge in [-0.3, -0.25) is 9.69 Å². The molecule has 7 heteroatoms. The van der Waals surface area contributed by atoms with Gasteiger partial charge in [-0.15, -0.1) is 6.42 Å². The molecular weight excluding hydrogens is 426 g/mol. The van der Waals surface area contributed by atoms with Crippen LogP contribution in [0.1, 0.15) is 48.2 Å². The van der Waals surface area contributed by atoms with E-state index in [1.807, 2.05) is 30.0 Å². The first-order valence-electron chi connectivity index (χ1n) is 11.8. The molecule has 0 spiro atoms. The summed E-state index contributed by atoms with van der Waals surface area (Å²) in [5, 5.41) is 15.2. The maximum atomic E-state index is 13.1. The molecule has 1 amide bonds. The molecule has 3 heterocycles. The van der Waals surface area contributed by atoms with Gasteiger partial charge in [-0.2, -0.15) is 9.78 Å². The average Bonchev–Trinajstić information content (AvgIpc) is 3.25. The van der Waals surface area contributed by atoms with Gasteiger partial charge in [0.2, 0.25) is 5.88 Å².